The van der Waals surface area contributed by atoms with Gasteiger partial charge in [0.25, 0.3) is 5.92 Å². The van der Waals surface area contributed by atoms with E-state index in [2.05, 4.69) is 21.7 Å². The summed E-state index contributed by atoms with van der Waals surface area (Å²) >= 11 is 6.55. The molecule has 2 aromatic heterocycles. The van der Waals surface area contributed by atoms with Gasteiger partial charge in [0, 0.05) is 53.3 Å². The van der Waals surface area contributed by atoms with Gasteiger partial charge in [0.1, 0.15) is 39.6 Å². The summed E-state index contributed by atoms with van der Waals surface area (Å²) in [6, 6.07) is 9.91. The van der Waals surface area contributed by atoms with Crippen molar-refractivity contribution in [3.05, 3.63) is 76.1 Å². The van der Waals surface area contributed by atoms with Crippen molar-refractivity contribution in [2.75, 3.05) is 17.2 Å². The number of anilines is 1. The Balaban J connectivity index is 1.99. The molecule has 3 atom stereocenters. The minimum absolute atomic E-state index is 0.0759. The Hall–Kier alpha value is -3.27. The van der Waals surface area contributed by atoms with Crippen LogP contribution >= 0.6 is 11.6 Å². The first kappa shape index (κ1) is 33.6. The highest BCUT2D eigenvalue weighted by molar-refractivity contribution is 7.86. The molecule has 0 saturated carbocycles. The zero-order valence-corrected chi connectivity index (χ0v) is 27.3. The minimum Gasteiger partial charge on any atom is -0.288 e. The molecule has 4 aromatic rings. The molecule has 0 bridgehead atoms. The second-order valence-corrected chi connectivity index (χ2v) is 14.6. The fraction of sp³-hybridized carbons (Fsp3) is 0.355. The summed E-state index contributed by atoms with van der Waals surface area (Å²) in [4.78, 5) is 4.81. The number of pyridine rings is 1. The smallest absolute Gasteiger partial charge is 0.264 e. The largest absolute Gasteiger partial charge is 0.288 e. The van der Waals surface area contributed by atoms with Crippen LogP contribution in [0.3, 0.4) is 0 Å². The monoisotopic (exact) mass is 666 g/mol. The molecule has 0 radical (unpaired) electrons. The molecule has 4 rings (SSSR count). The SMILES string of the molecule is CC(Cc1cc(F)cc(F)c1)c1nc(C#CC(C)(C)S(C)=O)ccc1-c1ccc(Cl)c2c(NS(C)=O)nn(CC(C)(F)F)c12. The molecule has 0 aliphatic rings. The number of fused-ring (bicyclic) bond motifs is 1. The van der Waals surface area contributed by atoms with E-state index in [9.17, 15) is 26.0 Å². The van der Waals surface area contributed by atoms with E-state index in [0.29, 0.717) is 33.5 Å². The van der Waals surface area contributed by atoms with Crippen molar-refractivity contribution in [1.29, 1.82) is 0 Å². The van der Waals surface area contributed by atoms with Crippen LogP contribution in [0.15, 0.2) is 42.5 Å². The lowest BCUT2D eigenvalue weighted by molar-refractivity contribution is 0.00193. The normalized spacial score (nSPS) is 14.2. The van der Waals surface area contributed by atoms with Gasteiger partial charge in [-0.1, -0.05) is 30.5 Å². The highest BCUT2D eigenvalue weighted by Gasteiger charge is 2.28. The first-order valence-corrected chi connectivity index (χ1v) is 16.9. The van der Waals surface area contributed by atoms with E-state index in [-0.39, 0.29) is 22.8 Å². The molecule has 0 fully saturated rings. The quantitative estimate of drug-likeness (QED) is 0.151. The van der Waals surface area contributed by atoms with E-state index < -0.39 is 56.6 Å². The van der Waals surface area contributed by atoms with Crippen LogP contribution in [0.5, 0.6) is 0 Å². The molecule has 0 aliphatic heterocycles. The Morgan fingerprint density at radius 2 is 1.66 bits per heavy atom. The van der Waals surface area contributed by atoms with Crippen molar-refractivity contribution in [2.24, 2.45) is 0 Å². The van der Waals surface area contributed by atoms with Crippen molar-refractivity contribution in [3.63, 3.8) is 0 Å². The molecule has 2 heterocycles. The maximum absolute atomic E-state index is 14.4. The molecule has 0 spiro atoms. The van der Waals surface area contributed by atoms with Crippen molar-refractivity contribution in [1.82, 2.24) is 14.8 Å². The van der Waals surface area contributed by atoms with Crippen molar-refractivity contribution in [3.8, 4) is 23.0 Å². The number of nitrogens with one attached hydrogen (secondary N) is 1. The van der Waals surface area contributed by atoms with Crippen LogP contribution in [-0.2, 0) is 34.8 Å². The Kier molecular flexibility index (Phi) is 9.93. The van der Waals surface area contributed by atoms with Crippen LogP contribution in [0.1, 0.15) is 50.6 Å². The summed E-state index contributed by atoms with van der Waals surface area (Å²) in [5.41, 5.74) is 2.50. The fourth-order valence-corrected chi connectivity index (χ4v) is 5.55. The summed E-state index contributed by atoms with van der Waals surface area (Å²) in [6.45, 7) is 5.30. The summed E-state index contributed by atoms with van der Waals surface area (Å²) in [5, 5.41) is 4.81. The van der Waals surface area contributed by atoms with Gasteiger partial charge in [0.2, 0.25) is 0 Å². The van der Waals surface area contributed by atoms with Crippen LogP contribution < -0.4 is 4.72 Å². The van der Waals surface area contributed by atoms with E-state index in [1.807, 2.05) is 6.92 Å². The number of halogens is 5. The number of nitrogens with zero attached hydrogens (tertiary/aromatic N) is 3. The first-order chi connectivity index (χ1) is 20.4. The third-order valence-electron chi connectivity index (χ3n) is 6.87. The summed E-state index contributed by atoms with van der Waals surface area (Å²) < 4.78 is 84.0. The third kappa shape index (κ3) is 7.86. The number of rotatable bonds is 9. The van der Waals surface area contributed by atoms with Crippen LogP contribution in [0.2, 0.25) is 5.02 Å². The second-order valence-electron chi connectivity index (χ2n) is 11.2. The molecule has 1 N–H and O–H groups in total. The topological polar surface area (TPSA) is 76.9 Å². The van der Waals surface area contributed by atoms with Gasteiger partial charge in [0.05, 0.1) is 21.6 Å². The zero-order valence-electron chi connectivity index (χ0n) is 24.9. The standard InChI is InChI=1S/C31H31ClF4N4O2S2/c1-18(13-19-14-20(33)16-21(34)15-19)27-23(8-7-22(37-27)11-12-30(2,3)43(5)41)24-9-10-25(32)26-28(24)40(17-31(4,35)36)38-29(26)39-44(6)42/h7-10,14-16,18H,13,17H2,1-6H3,(H,38,39). The predicted molar refractivity (Wildman–Crippen MR) is 170 cm³/mol. The van der Waals surface area contributed by atoms with Crippen LogP contribution in [0.25, 0.3) is 22.0 Å². The maximum Gasteiger partial charge on any atom is 0.264 e. The van der Waals surface area contributed by atoms with Gasteiger partial charge in [-0.15, -0.1) is 0 Å². The number of hydrogen-bond acceptors (Lipinski definition) is 4. The van der Waals surface area contributed by atoms with E-state index in [4.69, 9.17) is 16.6 Å². The predicted octanol–water partition coefficient (Wildman–Crippen LogP) is 7.25. The lowest BCUT2D eigenvalue weighted by Crippen LogP contribution is -2.23. The fourth-order valence-electron chi connectivity index (χ4n) is 4.70. The molecule has 0 saturated heterocycles. The molecule has 0 aliphatic carbocycles. The number of benzene rings is 2. The zero-order chi connectivity index (χ0) is 32.6. The third-order valence-corrected chi connectivity index (χ3v) is 9.20. The van der Waals surface area contributed by atoms with Gasteiger partial charge in [0.15, 0.2) is 5.82 Å². The molecule has 44 heavy (non-hydrogen) atoms. The lowest BCUT2D eigenvalue weighted by Gasteiger charge is -2.19. The van der Waals surface area contributed by atoms with Gasteiger partial charge in [-0.2, -0.15) is 5.10 Å². The van der Waals surface area contributed by atoms with E-state index in [0.717, 1.165) is 17.7 Å². The second kappa shape index (κ2) is 13.0. The molecule has 3 unspecified atom stereocenters. The Labute approximate surface area is 263 Å². The Morgan fingerprint density at radius 3 is 2.25 bits per heavy atom. The molecule has 2 aromatic carbocycles. The maximum atomic E-state index is 14.4. The molecule has 0 amide bonds. The van der Waals surface area contributed by atoms with Crippen molar-refractivity contribution >= 4 is 50.1 Å². The van der Waals surface area contributed by atoms with Crippen molar-refractivity contribution in [2.45, 2.75) is 57.2 Å². The average Bonchev–Trinajstić information content (AvgIpc) is 3.23. The van der Waals surface area contributed by atoms with E-state index >= 15 is 0 Å². The Morgan fingerprint density at radius 1 is 1.02 bits per heavy atom. The lowest BCUT2D eigenvalue weighted by atomic mass is 9.90. The van der Waals surface area contributed by atoms with Crippen molar-refractivity contribution < 1.29 is 26.0 Å². The van der Waals surface area contributed by atoms with Crippen LogP contribution in [-0.4, -0.2) is 46.4 Å². The van der Waals surface area contributed by atoms with Gasteiger partial charge in [-0.05, 0) is 62.1 Å². The molecule has 234 valence electrons. The average molecular weight is 667 g/mol. The molecule has 13 heteroatoms. The first-order valence-electron chi connectivity index (χ1n) is 13.4. The highest BCUT2D eigenvalue weighted by Crippen LogP contribution is 2.41. The van der Waals surface area contributed by atoms with Crippen LogP contribution in [0, 0.1) is 23.5 Å². The summed E-state index contributed by atoms with van der Waals surface area (Å²) in [6.07, 6.45) is 3.13. The molecular formula is C31H31ClF4N4O2S2. The van der Waals surface area contributed by atoms with Gasteiger partial charge in [-0.25, -0.2) is 26.8 Å². The minimum atomic E-state index is -3.15. The van der Waals surface area contributed by atoms with Crippen LogP contribution in [0.4, 0.5) is 23.4 Å². The summed E-state index contributed by atoms with van der Waals surface area (Å²) in [7, 11) is -2.82. The molecule has 6 nitrogen and oxygen atoms in total. The highest BCUT2D eigenvalue weighted by atomic mass is 35.5. The van der Waals surface area contributed by atoms with E-state index in [1.54, 1.807) is 44.4 Å². The van der Waals surface area contributed by atoms with E-state index in [1.165, 1.54) is 18.4 Å². The van der Waals surface area contributed by atoms with Gasteiger partial charge in [-0.3, -0.25) is 13.6 Å². The Bertz CT molecular complexity index is 1820. The molecular weight excluding hydrogens is 636 g/mol. The summed E-state index contributed by atoms with van der Waals surface area (Å²) in [5.74, 6) is 1.04. The number of alkyl halides is 2. The van der Waals surface area contributed by atoms with Gasteiger partial charge < -0.3 is 0 Å². The number of aromatic nitrogens is 3. The number of hydrogen-bond donors (Lipinski definition) is 1. The van der Waals surface area contributed by atoms with Gasteiger partial charge >= 0.3 is 0 Å².